The van der Waals surface area contributed by atoms with Gasteiger partial charge in [-0.15, -0.1) is 0 Å². The van der Waals surface area contributed by atoms with E-state index in [4.69, 9.17) is 0 Å². The van der Waals surface area contributed by atoms with E-state index in [2.05, 4.69) is 0 Å². The molecule has 0 saturated heterocycles. The number of halogens is 6. The number of hydrogen-bond acceptors (Lipinski definition) is 4. The Morgan fingerprint density at radius 3 is 1.81 bits per heavy atom. The lowest BCUT2D eigenvalue weighted by Gasteiger charge is -2.28. The van der Waals surface area contributed by atoms with Crippen LogP contribution < -0.4 is 0 Å². The molecule has 0 spiro atoms. The van der Waals surface area contributed by atoms with Gasteiger partial charge in [0.15, 0.2) is 0 Å². The SMILES string of the molecule is O=[N+]([O-])c1cc(C2CCCCC2)c([C](C(F)(F)F)C(F)(F)F)c([N+](=O)[O-])c1. The van der Waals surface area contributed by atoms with Crippen molar-refractivity contribution in [1.29, 1.82) is 0 Å². The molecule has 0 aromatic heterocycles. The molecule has 1 aromatic rings. The highest BCUT2D eigenvalue weighted by Crippen LogP contribution is 2.52. The smallest absolute Gasteiger partial charge is 0.258 e. The summed E-state index contributed by atoms with van der Waals surface area (Å²) in [7, 11) is 0. The van der Waals surface area contributed by atoms with Gasteiger partial charge >= 0.3 is 12.4 Å². The lowest BCUT2D eigenvalue weighted by molar-refractivity contribution is -0.395. The normalized spacial score (nSPS) is 16.6. The summed E-state index contributed by atoms with van der Waals surface area (Å²) in [5.41, 5.74) is -4.78. The minimum Gasteiger partial charge on any atom is -0.258 e. The Morgan fingerprint density at radius 1 is 0.889 bits per heavy atom. The molecule has 0 aliphatic heterocycles. The van der Waals surface area contributed by atoms with Crippen LogP contribution in [0.25, 0.3) is 0 Å². The number of nitrogens with zero attached hydrogens (tertiary/aromatic N) is 2. The predicted octanol–water partition coefficient (Wildman–Crippen LogP) is 5.60. The van der Waals surface area contributed by atoms with Gasteiger partial charge in [0.25, 0.3) is 11.4 Å². The first-order valence-corrected chi connectivity index (χ1v) is 7.82. The van der Waals surface area contributed by atoms with E-state index in [9.17, 15) is 46.6 Å². The minimum absolute atomic E-state index is 0.138. The molecular weight excluding hydrogens is 386 g/mol. The third kappa shape index (κ3) is 4.48. The molecule has 27 heavy (non-hydrogen) atoms. The fraction of sp³-hybridized carbons (Fsp3) is 0.533. The average Bonchev–Trinajstić information content (AvgIpc) is 2.52. The molecule has 0 N–H and O–H groups in total. The second kappa shape index (κ2) is 7.31. The Balaban J connectivity index is 2.86. The maximum Gasteiger partial charge on any atom is 0.409 e. The Hall–Kier alpha value is -2.40. The highest BCUT2D eigenvalue weighted by molar-refractivity contribution is 5.62. The molecule has 0 unspecified atom stereocenters. The van der Waals surface area contributed by atoms with E-state index in [0.29, 0.717) is 25.3 Å². The third-order valence-corrected chi connectivity index (χ3v) is 4.40. The molecule has 1 fully saturated rings. The highest BCUT2D eigenvalue weighted by atomic mass is 19.4. The van der Waals surface area contributed by atoms with Gasteiger partial charge < -0.3 is 0 Å². The number of nitro benzene ring substituents is 2. The van der Waals surface area contributed by atoms with Crippen LogP contribution in [-0.2, 0) is 0 Å². The molecule has 0 atom stereocenters. The number of hydrogen-bond donors (Lipinski definition) is 0. The van der Waals surface area contributed by atoms with Crippen LogP contribution in [0.4, 0.5) is 37.7 Å². The van der Waals surface area contributed by atoms with Gasteiger partial charge in [-0.3, -0.25) is 20.2 Å². The molecule has 1 aliphatic rings. The highest BCUT2D eigenvalue weighted by Gasteiger charge is 2.61. The predicted molar refractivity (Wildman–Crippen MR) is 80.0 cm³/mol. The van der Waals surface area contributed by atoms with Crippen molar-refractivity contribution in [2.24, 2.45) is 0 Å². The summed E-state index contributed by atoms with van der Waals surface area (Å²) in [4.78, 5) is 19.7. The van der Waals surface area contributed by atoms with E-state index < -0.39 is 56.5 Å². The second-order valence-corrected chi connectivity index (χ2v) is 6.15. The summed E-state index contributed by atoms with van der Waals surface area (Å²) < 4.78 is 79.4. The monoisotopic (exact) mass is 399 g/mol. The molecule has 12 heteroatoms. The Kier molecular flexibility index (Phi) is 5.66. The van der Waals surface area contributed by atoms with Crippen molar-refractivity contribution in [2.75, 3.05) is 0 Å². The summed E-state index contributed by atoms with van der Waals surface area (Å²) in [5, 5.41) is 22.2. The van der Waals surface area contributed by atoms with Crippen LogP contribution in [0.2, 0.25) is 0 Å². The molecule has 1 saturated carbocycles. The van der Waals surface area contributed by atoms with Crippen LogP contribution in [0, 0.1) is 26.1 Å². The zero-order valence-electron chi connectivity index (χ0n) is 13.6. The van der Waals surface area contributed by atoms with E-state index in [0.717, 1.165) is 0 Å². The van der Waals surface area contributed by atoms with Gasteiger partial charge in [0.2, 0.25) is 5.92 Å². The average molecular weight is 399 g/mol. The van der Waals surface area contributed by atoms with Crippen molar-refractivity contribution in [3.63, 3.8) is 0 Å². The van der Waals surface area contributed by atoms with Crippen LogP contribution in [0.3, 0.4) is 0 Å². The van der Waals surface area contributed by atoms with Crippen LogP contribution in [-0.4, -0.2) is 22.2 Å². The van der Waals surface area contributed by atoms with Crippen molar-refractivity contribution in [3.05, 3.63) is 49.4 Å². The summed E-state index contributed by atoms with van der Waals surface area (Å²) in [6.45, 7) is 0. The molecule has 0 bridgehead atoms. The summed E-state index contributed by atoms with van der Waals surface area (Å²) in [6.07, 6.45) is -9.78. The first kappa shape index (κ1) is 20.9. The maximum atomic E-state index is 13.2. The van der Waals surface area contributed by atoms with E-state index >= 15 is 0 Å². The van der Waals surface area contributed by atoms with Crippen LogP contribution in [0.15, 0.2) is 12.1 Å². The minimum atomic E-state index is -5.93. The van der Waals surface area contributed by atoms with Crippen LogP contribution in [0.5, 0.6) is 0 Å². The third-order valence-electron chi connectivity index (χ3n) is 4.40. The van der Waals surface area contributed by atoms with Crippen molar-refractivity contribution in [1.82, 2.24) is 0 Å². The van der Waals surface area contributed by atoms with E-state index in [1.807, 2.05) is 0 Å². The zero-order chi connectivity index (χ0) is 20.6. The molecule has 1 aromatic carbocycles. The van der Waals surface area contributed by atoms with Crippen LogP contribution in [0.1, 0.15) is 49.1 Å². The Labute approximate surface area is 148 Å². The van der Waals surface area contributed by atoms with Crippen molar-refractivity contribution in [3.8, 4) is 0 Å². The number of benzene rings is 1. The molecular formula is C15H13F6N2O4. The van der Waals surface area contributed by atoms with E-state index in [-0.39, 0.29) is 18.9 Å². The fourth-order valence-corrected chi connectivity index (χ4v) is 3.33. The van der Waals surface area contributed by atoms with E-state index in [1.165, 1.54) is 0 Å². The van der Waals surface area contributed by atoms with Gasteiger partial charge in [-0.2, -0.15) is 26.3 Å². The van der Waals surface area contributed by atoms with Crippen molar-refractivity contribution < 1.29 is 36.2 Å². The van der Waals surface area contributed by atoms with Gasteiger partial charge in [-0.25, -0.2) is 0 Å². The van der Waals surface area contributed by atoms with Gasteiger partial charge in [0, 0.05) is 6.07 Å². The quantitative estimate of drug-likeness (QED) is 0.375. The topological polar surface area (TPSA) is 86.3 Å². The van der Waals surface area contributed by atoms with Gasteiger partial charge in [-0.1, -0.05) is 19.3 Å². The van der Waals surface area contributed by atoms with Crippen LogP contribution >= 0.6 is 0 Å². The zero-order valence-corrected chi connectivity index (χ0v) is 13.6. The first-order valence-electron chi connectivity index (χ1n) is 7.82. The van der Waals surface area contributed by atoms with Gasteiger partial charge in [0.05, 0.1) is 21.5 Å². The van der Waals surface area contributed by atoms with Gasteiger partial charge in [-0.05, 0) is 24.3 Å². The number of non-ortho nitro benzene ring substituents is 1. The molecule has 0 heterocycles. The number of alkyl halides is 6. The Bertz CT molecular complexity index is 727. The summed E-state index contributed by atoms with van der Waals surface area (Å²) in [5.74, 6) is -3.88. The molecule has 1 aliphatic carbocycles. The molecule has 1 radical (unpaired) electrons. The molecule has 0 amide bonds. The van der Waals surface area contributed by atoms with Gasteiger partial charge in [0.1, 0.15) is 0 Å². The van der Waals surface area contributed by atoms with E-state index in [1.54, 1.807) is 0 Å². The first-order chi connectivity index (χ1) is 12.3. The molecule has 149 valence electrons. The summed E-state index contributed by atoms with van der Waals surface area (Å²) >= 11 is 0. The standard InChI is InChI=1S/C15H13F6N2O4/c16-14(17,18)13(15(19,20)21)12-10(8-4-2-1-3-5-8)6-9(22(24)25)7-11(12)23(26)27/h6-8H,1-5H2. The maximum absolute atomic E-state index is 13.2. The number of rotatable bonds is 4. The fourth-order valence-electron chi connectivity index (χ4n) is 3.33. The lowest BCUT2D eigenvalue weighted by atomic mass is 9.78. The van der Waals surface area contributed by atoms with Crippen molar-refractivity contribution in [2.45, 2.75) is 50.4 Å². The molecule has 6 nitrogen and oxygen atoms in total. The second-order valence-electron chi connectivity index (χ2n) is 6.15. The lowest BCUT2D eigenvalue weighted by Crippen LogP contribution is -2.36. The number of nitro groups is 2. The Morgan fingerprint density at radius 2 is 1.41 bits per heavy atom. The molecule has 2 rings (SSSR count). The largest absolute Gasteiger partial charge is 0.409 e. The van der Waals surface area contributed by atoms with Crippen molar-refractivity contribution >= 4 is 11.4 Å². The summed E-state index contributed by atoms with van der Waals surface area (Å²) in [6, 6.07) is 0.731.